The molecule has 1 saturated carbocycles. The molecule has 48 heavy (non-hydrogen) atoms. The first-order valence-electron chi connectivity index (χ1n) is 19.3. The van der Waals surface area contributed by atoms with Crippen molar-refractivity contribution >= 4 is 17.7 Å². The van der Waals surface area contributed by atoms with Crippen LogP contribution in [0.15, 0.2) is 12.2 Å². The van der Waals surface area contributed by atoms with Crippen LogP contribution in [0.3, 0.4) is 0 Å². The first kappa shape index (κ1) is 44.2. The highest BCUT2D eigenvalue weighted by atomic mass is 16.6. The van der Waals surface area contributed by atoms with Crippen LogP contribution in [0.1, 0.15) is 162 Å². The summed E-state index contributed by atoms with van der Waals surface area (Å²) in [5.74, 6) is -0.927. The normalized spacial score (nSPS) is 20.8. The minimum absolute atomic E-state index is 0.0496. The first-order valence-corrected chi connectivity index (χ1v) is 19.3. The highest BCUT2D eigenvalue weighted by Gasteiger charge is 2.41. The molecular formula is C39H70O9. The van der Waals surface area contributed by atoms with Gasteiger partial charge in [0.25, 0.3) is 0 Å². The lowest BCUT2D eigenvalue weighted by atomic mass is 9.87. The third kappa shape index (κ3) is 22.0. The van der Waals surface area contributed by atoms with E-state index in [0.29, 0.717) is 25.7 Å². The van der Waals surface area contributed by atoms with Crippen LogP contribution in [-0.4, -0.2) is 75.8 Å². The smallest absolute Gasteiger partial charge is 0.306 e. The van der Waals surface area contributed by atoms with Crippen molar-refractivity contribution in [1.29, 1.82) is 0 Å². The van der Waals surface area contributed by atoms with Gasteiger partial charge in [-0.3, -0.25) is 14.4 Å². The van der Waals surface area contributed by atoms with Gasteiger partial charge in [0, 0.05) is 43.9 Å². The Labute approximate surface area is 291 Å². The van der Waals surface area contributed by atoms with Crippen LogP contribution in [0.5, 0.6) is 0 Å². The zero-order valence-electron chi connectivity index (χ0n) is 30.5. The van der Waals surface area contributed by atoms with Crippen LogP contribution >= 0.6 is 0 Å². The summed E-state index contributed by atoms with van der Waals surface area (Å²) in [6.07, 6.45) is 19.1. The summed E-state index contributed by atoms with van der Waals surface area (Å²) in [6, 6.07) is 0. The number of aliphatic hydroxyl groups is 4. The lowest BCUT2D eigenvalue weighted by Crippen LogP contribution is -2.28. The number of carbonyl (C=O) groups is 3. The van der Waals surface area contributed by atoms with Crippen LogP contribution in [0, 0.1) is 17.8 Å². The Morgan fingerprint density at radius 2 is 1.31 bits per heavy atom. The molecule has 0 aromatic carbocycles. The van der Waals surface area contributed by atoms with Crippen LogP contribution in [0.4, 0.5) is 0 Å². The minimum Gasteiger partial charge on any atom is -0.462 e. The molecule has 9 nitrogen and oxygen atoms in total. The van der Waals surface area contributed by atoms with Crippen molar-refractivity contribution in [2.24, 2.45) is 17.8 Å². The summed E-state index contributed by atoms with van der Waals surface area (Å²) in [5, 5.41) is 40.6. The van der Waals surface area contributed by atoms with E-state index >= 15 is 0 Å². The summed E-state index contributed by atoms with van der Waals surface area (Å²) in [4.78, 5) is 37.0. The molecule has 0 aliphatic heterocycles. The number of hydrogen-bond donors (Lipinski definition) is 4. The van der Waals surface area contributed by atoms with Crippen LogP contribution < -0.4 is 0 Å². The number of carbonyl (C=O) groups excluding carboxylic acids is 3. The zero-order chi connectivity index (χ0) is 35.6. The van der Waals surface area contributed by atoms with Gasteiger partial charge in [-0.1, -0.05) is 116 Å². The molecule has 6 atom stereocenters. The van der Waals surface area contributed by atoms with E-state index in [4.69, 9.17) is 9.47 Å². The second kappa shape index (κ2) is 27.9. The van der Waals surface area contributed by atoms with E-state index in [0.717, 1.165) is 44.4 Å². The summed E-state index contributed by atoms with van der Waals surface area (Å²) in [5.41, 5.74) is 0. The number of Topliss-reactive ketones (excluding diaryl/α,β-unsaturated/α-hetero) is 1. The molecule has 0 aromatic rings. The summed E-state index contributed by atoms with van der Waals surface area (Å²) < 4.78 is 10.5. The van der Waals surface area contributed by atoms with Gasteiger partial charge in [-0.2, -0.15) is 0 Å². The molecule has 0 amide bonds. The van der Waals surface area contributed by atoms with Crippen LogP contribution in [0.2, 0.25) is 0 Å². The van der Waals surface area contributed by atoms with Gasteiger partial charge in [-0.05, 0) is 31.6 Å². The molecule has 0 bridgehead atoms. The summed E-state index contributed by atoms with van der Waals surface area (Å²) in [6.45, 7) is 6.02. The Kier molecular flexibility index (Phi) is 25.7. The Bertz CT molecular complexity index is 874. The number of hydrogen-bond acceptors (Lipinski definition) is 9. The van der Waals surface area contributed by atoms with E-state index in [9.17, 15) is 34.8 Å². The Morgan fingerprint density at radius 1 is 0.750 bits per heavy atom. The fourth-order valence-electron chi connectivity index (χ4n) is 6.44. The predicted octanol–water partition coefficient (Wildman–Crippen LogP) is 7.15. The van der Waals surface area contributed by atoms with Crippen molar-refractivity contribution in [3.63, 3.8) is 0 Å². The lowest BCUT2D eigenvalue weighted by molar-refractivity contribution is -0.161. The van der Waals surface area contributed by atoms with Crippen molar-refractivity contribution in [2.45, 2.75) is 186 Å². The first-order chi connectivity index (χ1) is 23.1. The number of rotatable bonds is 30. The maximum Gasteiger partial charge on any atom is 0.306 e. The molecule has 1 rings (SSSR count). The van der Waals surface area contributed by atoms with Gasteiger partial charge < -0.3 is 29.9 Å². The zero-order valence-corrected chi connectivity index (χ0v) is 30.5. The number of unbranched alkanes of at least 4 members (excludes halogenated alkanes) is 12. The molecule has 0 heterocycles. The fourth-order valence-corrected chi connectivity index (χ4v) is 6.44. The maximum absolute atomic E-state index is 12.7. The van der Waals surface area contributed by atoms with Crippen molar-refractivity contribution in [3.8, 4) is 0 Å². The molecule has 1 fully saturated rings. The SMILES string of the molecule is CCCCC[C@H](O)/C=C/[C@@H]1[C@@H](CC(=O)CCCCC(=O)O[C@@H](CO)COC(=O)CCCCCCCCCCCCC(C)C)[C@@H](O)C[C@H]1O. The van der Waals surface area contributed by atoms with E-state index in [1.165, 1.54) is 51.4 Å². The number of ether oxygens (including phenoxy) is 2. The maximum atomic E-state index is 12.7. The predicted molar refractivity (Wildman–Crippen MR) is 189 cm³/mol. The van der Waals surface area contributed by atoms with Gasteiger partial charge >= 0.3 is 11.9 Å². The van der Waals surface area contributed by atoms with Gasteiger partial charge in [0.1, 0.15) is 12.4 Å². The highest BCUT2D eigenvalue weighted by Crippen LogP contribution is 2.36. The molecule has 1 aliphatic rings. The van der Waals surface area contributed by atoms with Crippen molar-refractivity contribution in [3.05, 3.63) is 12.2 Å². The standard InChI is InChI=1S/C39H70O9/c1-4-5-14-20-31(41)24-25-34-35(37(44)27-36(34)43)26-32(42)21-17-18-23-39(46)48-33(28-40)29-47-38(45)22-16-13-11-9-7-6-8-10-12-15-19-30(2)3/h24-25,30-31,33-37,40-41,43-44H,4-23,26-29H2,1-3H3/b25-24+/t31-,33-,34+,35+,36+,37-/m0/s1. The van der Waals surface area contributed by atoms with E-state index < -0.39 is 48.8 Å². The lowest BCUT2D eigenvalue weighted by Gasteiger charge is -2.20. The Morgan fingerprint density at radius 3 is 1.94 bits per heavy atom. The highest BCUT2D eigenvalue weighted by molar-refractivity contribution is 5.79. The monoisotopic (exact) mass is 683 g/mol. The van der Waals surface area contributed by atoms with E-state index in [2.05, 4.69) is 20.8 Å². The van der Waals surface area contributed by atoms with Gasteiger partial charge in [0.2, 0.25) is 0 Å². The average Bonchev–Trinajstić information content (AvgIpc) is 3.31. The van der Waals surface area contributed by atoms with Crippen LogP contribution in [-0.2, 0) is 23.9 Å². The Hall–Kier alpha value is -1.81. The third-order valence-electron chi connectivity index (χ3n) is 9.47. The molecule has 280 valence electrons. The third-order valence-corrected chi connectivity index (χ3v) is 9.47. The quantitative estimate of drug-likeness (QED) is 0.0352. The minimum atomic E-state index is -0.918. The molecule has 1 aliphatic carbocycles. The largest absolute Gasteiger partial charge is 0.462 e. The molecule has 0 saturated heterocycles. The van der Waals surface area contributed by atoms with Gasteiger partial charge in [0.15, 0.2) is 6.10 Å². The van der Waals surface area contributed by atoms with Gasteiger partial charge in [-0.25, -0.2) is 0 Å². The van der Waals surface area contributed by atoms with Gasteiger partial charge in [-0.15, -0.1) is 0 Å². The van der Waals surface area contributed by atoms with E-state index in [1.54, 1.807) is 12.2 Å². The molecule has 0 aromatic heterocycles. The summed E-state index contributed by atoms with van der Waals surface area (Å²) >= 11 is 0. The average molecular weight is 683 g/mol. The Balaban J connectivity index is 2.17. The number of esters is 2. The molecule has 9 heteroatoms. The van der Waals surface area contributed by atoms with Crippen molar-refractivity contribution in [1.82, 2.24) is 0 Å². The second-order valence-electron chi connectivity index (χ2n) is 14.5. The van der Waals surface area contributed by atoms with Gasteiger partial charge in [0.05, 0.1) is 24.9 Å². The number of aliphatic hydroxyl groups excluding tert-OH is 4. The summed E-state index contributed by atoms with van der Waals surface area (Å²) in [7, 11) is 0. The van der Waals surface area contributed by atoms with E-state index in [-0.39, 0.29) is 44.0 Å². The molecular weight excluding hydrogens is 612 g/mol. The van der Waals surface area contributed by atoms with E-state index in [1.807, 2.05) is 0 Å². The van der Waals surface area contributed by atoms with Crippen molar-refractivity contribution in [2.75, 3.05) is 13.2 Å². The number of ketones is 1. The van der Waals surface area contributed by atoms with Crippen molar-refractivity contribution < 1.29 is 44.3 Å². The van der Waals surface area contributed by atoms with Crippen LogP contribution in [0.25, 0.3) is 0 Å². The second-order valence-corrected chi connectivity index (χ2v) is 14.5. The molecule has 0 unspecified atom stereocenters. The molecule has 0 spiro atoms. The molecule has 4 N–H and O–H groups in total. The topological polar surface area (TPSA) is 151 Å². The molecule has 0 radical (unpaired) electrons. The fraction of sp³-hybridized carbons (Fsp3) is 0.872.